The van der Waals surface area contributed by atoms with Crippen LogP contribution in [-0.2, 0) is 5.41 Å². The van der Waals surface area contributed by atoms with Gasteiger partial charge in [0.25, 0.3) is 0 Å². The van der Waals surface area contributed by atoms with E-state index >= 15 is 0 Å². The number of rotatable bonds is 1. The van der Waals surface area contributed by atoms with Gasteiger partial charge < -0.3 is 5.32 Å². The van der Waals surface area contributed by atoms with Crippen molar-refractivity contribution in [3.8, 4) is 0 Å². The first kappa shape index (κ1) is 20.2. The molecule has 126 valence electrons. The Kier molecular flexibility index (Phi) is 7.34. The molecule has 0 aliphatic heterocycles. The molecule has 0 heterocycles. The van der Waals surface area contributed by atoms with E-state index in [9.17, 15) is 0 Å². The van der Waals surface area contributed by atoms with E-state index in [4.69, 9.17) is 0 Å². The molecule has 23 heavy (non-hydrogen) atoms. The number of hydrogen-bond donors (Lipinski definition) is 1. The van der Waals surface area contributed by atoms with Crippen molar-refractivity contribution in [2.45, 2.75) is 52.5 Å². The lowest BCUT2D eigenvalue weighted by molar-refractivity contribution is 0.587. The van der Waals surface area contributed by atoms with Gasteiger partial charge in [-0.25, -0.2) is 0 Å². The lowest BCUT2D eigenvalue weighted by atomic mass is 9.87. The summed E-state index contributed by atoms with van der Waals surface area (Å²) in [6.45, 7) is 13.1. The highest BCUT2D eigenvalue weighted by Crippen LogP contribution is 2.28. The fourth-order valence-electron chi connectivity index (χ4n) is 2.04. The minimum absolute atomic E-state index is 0.115. The van der Waals surface area contributed by atoms with Gasteiger partial charge in [-0.05, 0) is 65.9 Å². The molecule has 0 saturated carbocycles. The summed E-state index contributed by atoms with van der Waals surface area (Å²) >= 11 is 7.02. The van der Waals surface area contributed by atoms with Crippen LogP contribution in [0.25, 0.3) is 0 Å². The van der Waals surface area contributed by atoms with E-state index in [2.05, 4.69) is 103 Å². The van der Waals surface area contributed by atoms with Crippen molar-refractivity contribution in [3.05, 3.63) is 63.0 Å². The van der Waals surface area contributed by atoms with E-state index in [1.54, 1.807) is 0 Å². The molecule has 0 aliphatic carbocycles. The zero-order valence-corrected chi connectivity index (χ0v) is 18.0. The summed E-state index contributed by atoms with van der Waals surface area (Å²) in [5, 5.41) is 3.40. The SMILES string of the molecule is CC(C)(C)Nc1ccccc1Br.CC(C)(C)c1ccccc1Br. The fourth-order valence-corrected chi connectivity index (χ4v) is 3.30. The van der Waals surface area contributed by atoms with Crippen molar-refractivity contribution in [1.82, 2.24) is 0 Å². The summed E-state index contributed by atoms with van der Waals surface area (Å²) in [5.41, 5.74) is 2.86. The van der Waals surface area contributed by atoms with Crippen molar-refractivity contribution in [2.75, 3.05) is 5.32 Å². The number of halogens is 2. The number of nitrogens with one attached hydrogen (secondary N) is 1. The molecule has 0 spiro atoms. The van der Waals surface area contributed by atoms with Crippen LogP contribution < -0.4 is 5.32 Å². The smallest absolute Gasteiger partial charge is 0.0488 e. The second kappa shape index (κ2) is 8.34. The second-order valence-corrected chi connectivity index (χ2v) is 9.29. The molecular weight excluding hydrogens is 414 g/mol. The molecule has 2 aromatic rings. The van der Waals surface area contributed by atoms with Gasteiger partial charge in [0.15, 0.2) is 0 Å². The van der Waals surface area contributed by atoms with Gasteiger partial charge in [0.05, 0.1) is 0 Å². The molecule has 2 aromatic carbocycles. The highest BCUT2D eigenvalue weighted by atomic mass is 79.9. The molecule has 0 radical (unpaired) electrons. The third kappa shape index (κ3) is 7.54. The molecule has 1 N–H and O–H groups in total. The van der Waals surface area contributed by atoms with E-state index in [1.165, 1.54) is 10.0 Å². The Hall–Kier alpha value is -0.800. The van der Waals surface area contributed by atoms with Crippen LogP contribution in [-0.4, -0.2) is 5.54 Å². The maximum absolute atomic E-state index is 3.53. The quantitative estimate of drug-likeness (QED) is 0.486. The van der Waals surface area contributed by atoms with Crippen LogP contribution in [0.3, 0.4) is 0 Å². The molecule has 0 saturated heterocycles. The largest absolute Gasteiger partial charge is 0.380 e. The summed E-state index contributed by atoms with van der Waals surface area (Å²) in [6, 6.07) is 16.5. The lowest BCUT2D eigenvalue weighted by Gasteiger charge is -2.22. The predicted octanol–water partition coefficient (Wildman–Crippen LogP) is 7.41. The van der Waals surface area contributed by atoms with Gasteiger partial charge in [-0.2, -0.15) is 0 Å². The molecular formula is C20H27Br2N. The van der Waals surface area contributed by atoms with E-state index in [-0.39, 0.29) is 11.0 Å². The normalized spacial score (nSPS) is 11.5. The van der Waals surface area contributed by atoms with E-state index in [1.807, 2.05) is 24.3 Å². The number of benzene rings is 2. The van der Waals surface area contributed by atoms with Crippen molar-refractivity contribution < 1.29 is 0 Å². The third-order valence-electron chi connectivity index (χ3n) is 3.07. The van der Waals surface area contributed by atoms with Gasteiger partial charge in [0.1, 0.15) is 0 Å². The standard InChI is InChI=1S/C10H14BrN.C10H13Br/c1-10(2,3)12-9-7-5-4-6-8(9)11;1-10(2,3)8-6-4-5-7-9(8)11/h4-7,12H,1-3H3;4-7H,1-3H3. The van der Waals surface area contributed by atoms with Crippen LogP contribution in [0.5, 0.6) is 0 Å². The monoisotopic (exact) mass is 439 g/mol. The van der Waals surface area contributed by atoms with Crippen LogP contribution in [0.1, 0.15) is 47.1 Å². The van der Waals surface area contributed by atoms with Crippen LogP contribution in [0.2, 0.25) is 0 Å². The zero-order valence-electron chi connectivity index (χ0n) is 14.9. The van der Waals surface area contributed by atoms with Crippen molar-refractivity contribution in [3.63, 3.8) is 0 Å². The molecule has 0 bridgehead atoms. The Morgan fingerprint density at radius 1 is 0.696 bits per heavy atom. The molecule has 0 amide bonds. The molecule has 0 atom stereocenters. The minimum Gasteiger partial charge on any atom is -0.380 e. The average Bonchev–Trinajstić information content (AvgIpc) is 2.40. The van der Waals surface area contributed by atoms with Gasteiger partial charge in [-0.1, -0.05) is 67.0 Å². The summed E-state index contributed by atoms with van der Waals surface area (Å²) in [5.74, 6) is 0. The Bertz CT molecular complexity index is 622. The van der Waals surface area contributed by atoms with Crippen molar-refractivity contribution in [1.29, 1.82) is 0 Å². The number of anilines is 1. The average molecular weight is 441 g/mol. The predicted molar refractivity (Wildman–Crippen MR) is 110 cm³/mol. The second-order valence-electron chi connectivity index (χ2n) is 7.58. The van der Waals surface area contributed by atoms with Crippen molar-refractivity contribution >= 4 is 37.5 Å². The highest BCUT2D eigenvalue weighted by Gasteiger charge is 2.15. The Morgan fingerprint density at radius 2 is 1.17 bits per heavy atom. The lowest BCUT2D eigenvalue weighted by Crippen LogP contribution is -2.26. The maximum Gasteiger partial charge on any atom is 0.0488 e. The topological polar surface area (TPSA) is 12.0 Å². The van der Waals surface area contributed by atoms with Crippen molar-refractivity contribution in [2.24, 2.45) is 0 Å². The summed E-state index contributed by atoms with van der Waals surface area (Å²) < 4.78 is 2.31. The van der Waals surface area contributed by atoms with Crippen LogP contribution in [0, 0.1) is 0 Å². The van der Waals surface area contributed by atoms with E-state index in [0.29, 0.717) is 0 Å². The summed E-state index contributed by atoms with van der Waals surface area (Å²) in [7, 11) is 0. The van der Waals surface area contributed by atoms with E-state index in [0.717, 1.165) is 10.2 Å². The molecule has 2 rings (SSSR count). The van der Waals surface area contributed by atoms with Crippen LogP contribution in [0.15, 0.2) is 57.5 Å². The molecule has 0 unspecified atom stereocenters. The summed E-state index contributed by atoms with van der Waals surface area (Å²) in [6.07, 6.45) is 0. The first-order valence-electron chi connectivity index (χ1n) is 7.78. The number of para-hydroxylation sites is 1. The van der Waals surface area contributed by atoms with Gasteiger partial charge in [0, 0.05) is 20.2 Å². The maximum atomic E-state index is 3.53. The molecule has 0 aliphatic rings. The molecule has 1 nitrogen and oxygen atoms in total. The van der Waals surface area contributed by atoms with Gasteiger partial charge >= 0.3 is 0 Å². The van der Waals surface area contributed by atoms with Gasteiger partial charge in [-0.3, -0.25) is 0 Å². The zero-order chi connectivity index (χ0) is 17.7. The molecule has 0 aromatic heterocycles. The van der Waals surface area contributed by atoms with Crippen LogP contribution >= 0.6 is 31.9 Å². The van der Waals surface area contributed by atoms with Crippen LogP contribution in [0.4, 0.5) is 5.69 Å². The molecule has 3 heteroatoms. The highest BCUT2D eigenvalue weighted by molar-refractivity contribution is 9.10. The first-order chi connectivity index (χ1) is 10.5. The molecule has 0 fully saturated rings. The fraction of sp³-hybridized carbons (Fsp3) is 0.400. The number of hydrogen-bond acceptors (Lipinski definition) is 1. The Morgan fingerprint density at radius 3 is 1.57 bits per heavy atom. The minimum atomic E-state index is 0.115. The Labute approximate surface area is 158 Å². The Balaban J connectivity index is 0.000000231. The summed E-state index contributed by atoms with van der Waals surface area (Å²) in [4.78, 5) is 0. The van der Waals surface area contributed by atoms with Gasteiger partial charge in [0.2, 0.25) is 0 Å². The van der Waals surface area contributed by atoms with E-state index < -0.39 is 0 Å². The van der Waals surface area contributed by atoms with Gasteiger partial charge in [-0.15, -0.1) is 0 Å². The first-order valence-corrected chi connectivity index (χ1v) is 9.37. The third-order valence-corrected chi connectivity index (χ3v) is 4.45.